The second kappa shape index (κ2) is 7.35. The topological polar surface area (TPSA) is 80.3 Å². The molecule has 3 heterocycles. The number of nitrogens with zero attached hydrogens (tertiary/aromatic N) is 1. The van der Waals surface area contributed by atoms with E-state index in [1.54, 1.807) is 0 Å². The average molecular weight is 417 g/mol. The lowest BCUT2D eigenvalue weighted by molar-refractivity contribution is -0.734. The monoisotopic (exact) mass is 417 g/mol. The minimum Gasteiger partial charge on any atom is -0.464 e. The van der Waals surface area contributed by atoms with Crippen LogP contribution in [0, 0.1) is 17.7 Å². The minimum absolute atomic E-state index is 0.316. The quantitative estimate of drug-likeness (QED) is 0.596. The number of amides is 2. The fourth-order valence-electron chi connectivity index (χ4n) is 4.85. The van der Waals surface area contributed by atoms with Gasteiger partial charge in [-0.3, -0.25) is 9.59 Å². The standard InChI is InChI=1S/C21H21FN2O4S/c1-3-10-21(20(27)28-2)16-15(17(23-21)14-5-4-11-29-14)18(25)24(19(16)26)13-8-6-12(22)7-9-13/h4-9,11,15-17,23H,3,10H2,1-2H3/p+1/t15-,16+,17-,21+/m0/s1. The van der Waals surface area contributed by atoms with Crippen LogP contribution in [-0.4, -0.2) is 30.4 Å². The summed E-state index contributed by atoms with van der Waals surface area (Å²) >= 11 is 1.49. The number of rotatable bonds is 5. The molecule has 2 fully saturated rings. The summed E-state index contributed by atoms with van der Waals surface area (Å²) in [4.78, 5) is 41.9. The zero-order valence-electron chi connectivity index (χ0n) is 16.1. The van der Waals surface area contributed by atoms with Gasteiger partial charge in [0.15, 0.2) is 0 Å². The second-order valence-corrected chi connectivity index (χ2v) is 8.46. The van der Waals surface area contributed by atoms with E-state index in [4.69, 9.17) is 4.74 Å². The highest BCUT2D eigenvalue weighted by Gasteiger charge is 2.72. The van der Waals surface area contributed by atoms with E-state index in [0.29, 0.717) is 18.5 Å². The molecule has 4 rings (SSSR count). The molecule has 2 amide bonds. The summed E-state index contributed by atoms with van der Waals surface area (Å²) in [6.45, 7) is 1.94. The Bertz CT molecular complexity index is 946. The molecule has 0 radical (unpaired) electrons. The smallest absolute Gasteiger partial charge is 0.368 e. The zero-order valence-corrected chi connectivity index (χ0v) is 16.9. The Morgan fingerprint density at radius 2 is 1.97 bits per heavy atom. The van der Waals surface area contributed by atoms with Crippen molar-refractivity contribution in [3.05, 3.63) is 52.5 Å². The van der Waals surface area contributed by atoms with Crippen molar-refractivity contribution in [3.63, 3.8) is 0 Å². The van der Waals surface area contributed by atoms with Gasteiger partial charge in [-0.25, -0.2) is 14.1 Å². The van der Waals surface area contributed by atoms with Crippen molar-refractivity contribution >= 4 is 34.8 Å². The van der Waals surface area contributed by atoms with Crippen LogP contribution < -0.4 is 10.2 Å². The van der Waals surface area contributed by atoms with Crippen LogP contribution in [0.2, 0.25) is 0 Å². The summed E-state index contributed by atoms with van der Waals surface area (Å²) in [6, 6.07) is 8.71. The third kappa shape index (κ3) is 2.89. The van der Waals surface area contributed by atoms with Crippen LogP contribution in [0.3, 0.4) is 0 Å². The summed E-state index contributed by atoms with van der Waals surface area (Å²) < 4.78 is 18.5. The molecule has 0 unspecified atom stereocenters. The summed E-state index contributed by atoms with van der Waals surface area (Å²) in [5.41, 5.74) is -0.847. The largest absolute Gasteiger partial charge is 0.464 e. The molecule has 0 aliphatic carbocycles. The van der Waals surface area contributed by atoms with E-state index in [0.717, 1.165) is 9.78 Å². The molecule has 0 bridgehead atoms. The summed E-state index contributed by atoms with van der Waals surface area (Å²) in [5, 5.41) is 3.77. The van der Waals surface area contributed by atoms with E-state index in [-0.39, 0.29) is 11.9 Å². The molecule has 29 heavy (non-hydrogen) atoms. The van der Waals surface area contributed by atoms with Crippen molar-refractivity contribution in [1.29, 1.82) is 0 Å². The summed E-state index contributed by atoms with van der Waals surface area (Å²) in [5.74, 6) is -3.25. The van der Waals surface area contributed by atoms with Crippen LogP contribution in [0.25, 0.3) is 0 Å². The van der Waals surface area contributed by atoms with Crippen molar-refractivity contribution < 1.29 is 28.8 Å². The Morgan fingerprint density at radius 1 is 1.24 bits per heavy atom. The number of carbonyl (C=O) groups excluding carboxylic acids is 3. The van der Waals surface area contributed by atoms with E-state index >= 15 is 0 Å². The second-order valence-electron chi connectivity index (χ2n) is 7.48. The number of fused-ring (bicyclic) bond motifs is 1. The third-order valence-corrected chi connectivity index (χ3v) is 6.93. The molecule has 1 aromatic carbocycles. The molecule has 2 aromatic rings. The fraction of sp³-hybridized carbons (Fsp3) is 0.381. The maximum atomic E-state index is 13.5. The Labute approximate surface area is 171 Å². The number of carbonyl (C=O) groups is 3. The average Bonchev–Trinajstić information content (AvgIpc) is 3.41. The summed E-state index contributed by atoms with van der Waals surface area (Å²) in [7, 11) is 1.31. The molecule has 2 N–H and O–H groups in total. The van der Waals surface area contributed by atoms with Crippen LogP contribution >= 0.6 is 11.3 Å². The Hall–Kier alpha value is -2.58. The number of esters is 1. The molecular formula is C21H22FN2O4S+. The highest BCUT2D eigenvalue weighted by molar-refractivity contribution is 7.10. The van der Waals surface area contributed by atoms with Crippen molar-refractivity contribution in [1.82, 2.24) is 0 Å². The normalized spacial score (nSPS) is 28.7. The van der Waals surface area contributed by atoms with Crippen LogP contribution in [0.5, 0.6) is 0 Å². The number of benzene rings is 1. The van der Waals surface area contributed by atoms with Gasteiger partial charge in [0.1, 0.15) is 23.7 Å². The van der Waals surface area contributed by atoms with Gasteiger partial charge in [0.05, 0.1) is 17.7 Å². The predicted molar refractivity (Wildman–Crippen MR) is 105 cm³/mol. The Morgan fingerprint density at radius 3 is 2.55 bits per heavy atom. The molecular weight excluding hydrogens is 395 g/mol. The first kappa shape index (κ1) is 19.7. The van der Waals surface area contributed by atoms with Crippen molar-refractivity contribution in [2.75, 3.05) is 12.0 Å². The van der Waals surface area contributed by atoms with E-state index in [2.05, 4.69) is 0 Å². The molecule has 2 aliphatic rings. The van der Waals surface area contributed by atoms with E-state index in [1.165, 1.54) is 42.7 Å². The van der Waals surface area contributed by atoms with Crippen LogP contribution in [0.1, 0.15) is 30.7 Å². The van der Waals surface area contributed by atoms with Gasteiger partial charge in [0.2, 0.25) is 17.4 Å². The first-order chi connectivity index (χ1) is 13.9. The lowest BCUT2D eigenvalue weighted by Crippen LogP contribution is -2.98. The van der Waals surface area contributed by atoms with Gasteiger partial charge >= 0.3 is 5.97 Å². The van der Waals surface area contributed by atoms with Gasteiger partial charge in [-0.2, -0.15) is 0 Å². The lowest BCUT2D eigenvalue weighted by atomic mass is 9.77. The van der Waals surface area contributed by atoms with Gasteiger partial charge in [-0.05, 0) is 42.1 Å². The number of hydrogen-bond acceptors (Lipinski definition) is 5. The first-order valence-electron chi connectivity index (χ1n) is 9.56. The number of hydrogen-bond donors (Lipinski definition) is 1. The van der Waals surface area contributed by atoms with E-state index in [9.17, 15) is 18.8 Å². The molecule has 8 heteroatoms. The van der Waals surface area contributed by atoms with Gasteiger partial charge in [0, 0.05) is 6.42 Å². The number of imide groups is 1. The minimum atomic E-state index is -1.16. The molecule has 152 valence electrons. The number of ether oxygens (including phenoxy) is 1. The molecule has 0 saturated carbocycles. The fourth-order valence-corrected chi connectivity index (χ4v) is 5.69. The molecule has 0 spiro atoms. The third-order valence-electron chi connectivity index (χ3n) is 5.96. The van der Waals surface area contributed by atoms with Gasteiger partial charge in [-0.1, -0.05) is 13.0 Å². The van der Waals surface area contributed by atoms with Crippen LogP contribution in [0.15, 0.2) is 41.8 Å². The van der Waals surface area contributed by atoms with E-state index in [1.807, 2.05) is 29.8 Å². The van der Waals surface area contributed by atoms with E-state index < -0.39 is 35.1 Å². The first-order valence-corrected chi connectivity index (χ1v) is 10.4. The van der Waals surface area contributed by atoms with Gasteiger partial charge in [-0.15, -0.1) is 11.3 Å². The number of methoxy groups -OCH3 is 1. The van der Waals surface area contributed by atoms with Crippen molar-refractivity contribution in [2.45, 2.75) is 31.3 Å². The molecule has 2 saturated heterocycles. The Kier molecular flexibility index (Phi) is 5.00. The molecule has 4 atom stereocenters. The van der Waals surface area contributed by atoms with Gasteiger partial charge in [0.25, 0.3) is 0 Å². The number of anilines is 1. The number of quaternary nitrogens is 1. The number of nitrogens with two attached hydrogens (primary N) is 1. The van der Waals surface area contributed by atoms with Gasteiger partial charge < -0.3 is 10.1 Å². The van der Waals surface area contributed by atoms with Crippen LogP contribution in [0.4, 0.5) is 10.1 Å². The van der Waals surface area contributed by atoms with Crippen molar-refractivity contribution in [3.8, 4) is 0 Å². The lowest BCUT2D eigenvalue weighted by Gasteiger charge is -2.28. The SMILES string of the molecule is CCC[C@@]1(C(=O)OC)[NH2+][C@@H](c2cccs2)[C@H]2C(=O)N(c3ccc(F)cc3)C(=O)[C@@H]21. The highest BCUT2D eigenvalue weighted by atomic mass is 32.1. The number of thiophene rings is 1. The maximum absolute atomic E-state index is 13.5. The highest BCUT2D eigenvalue weighted by Crippen LogP contribution is 2.47. The Balaban J connectivity index is 1.84. The number of halogens is 1. The predicted octanol–water partition coefficient (Wildman–Crippen LogP) is 2.02. The molecule has 2 aliphatic heterocycles. The molecule has 1 aromatic heterocycles. The maximum Gasteiger partial charge on any atom is 0.368 e. The van der Waals surface area contributed by atoms with Crippen LogP contribution in [-0.2, 0) is 19.1 Å². The molecule has 6 nitrogen and oxygen atoms in total. The summed E-state index contributed by atoms with van der Waals surface area (Å²) in [6.07, 6.45) is 1.07. The van der Waals surface area contributed by atoms with Crippen molar-refractivity contribution in [2.24, 2.45) is 11.8 Å². The zero-order chi connectivity index (χ0) is 20.8.